The van der Waals surface area contributed by atoms with Crippen molar-refractivity contribution in [2.45, 2.75) is 38.6 Å². The highest BCUT2D eigenvalue weighted by Gasteiger charge is 2.53. The van der Waals surface area contributed by atoms with Crippen LogP contribution in [0.2, 0.25) is 0 Å². The van der Waals surface area contributed by atoms with E-state index in [2.05, 4.69) is 6.07 Å². The molecule has 1 saturated carbocycles. The van der Waals surface area contributed by atoms with Crippen LogP contribution < -0.4 is 0 Å². The minimum Gasteiger partial charge on any atom is -0.467 e. The second kappa shape index (κ2) is 4.60. The van der Waals surface area contributed by atoms with Gasteiger partial charge < -0.3 is 9.64 Å². The molecule has 1 aliphatic carbocycles. The van der Waals surface area contributed by atoms with Gasteiger partial charge in [0.05, 0.1) is 13.2 Å². The molecule has 5 heteroatoms. The number of carbonyl (C=O) groups is 2. The number of methoxy groups -OCH3 is 1. The average Bonchev–Trinajstić information content (AvgIpc) is 2.81. The van der Waals surface area contributed by atoms with Crippen LogP contribution in [-0.2, 0) is 14.3 Å². The van der Waals surface area contributed by atoms with Crippen molar-refractivity contribution < 1.29 is 14.3 Å². The van der Waals surface area contributed by atoms with Gasteiger partial charge in [-0.25, -0.2) is 4.79 Å². The Morgan fingerprint density at radius 3 is 2.61 bits per heavy atom. The number of nitriles is 1. The van der Waals surface area contributed by atoms with Crippen molar-refractivity contribution in [1.82, 2.24) is 4.90 Å². The number of hydrogen-bond donors (Lipinski definition) is 0. The van der Waals surface area contributed by atoms with Gasteiger partial charge in [0.25, 0.3) is 0 Å². The van der Waals surface area contributed by atoms with Gasteiger partial charge in [0.2, 0.25) is 5.91 Å². The minimum absolute atomic E-state index is 0.184. The molecule has 1 amide bonds. The Labute approximate surface area is 107 Å². The second-order valence-corrected chi connectivity index (χ2v) is 5.39. The van der Waals surface area contributed by atoms with Gasteiger partial charge in [0.15, 0.2) is 0 Å². The lowest BCUT2D eigenvalue weighted by molar-refractivity contribution is -0.156. The van der Waals surface area contributed by atoms with Gasteiger partial charge in [0.1, 0.15) is 11.5 Å². The van der Waals surface area contributed by atoms with Crippen LogP contribution in [0.15, 0.2) is 0 Å². The summed E-state index contributed by atoms with van der Waals surface area (Å²) in [6, 6.07) is 1.66. The smallest absolute Gasteiger partial charge is 0.328 e. The molecule has 0 radical (unpaired) electrons. The summed E-state index contributed by atoms with van der Waals surface area (Å²) in [7, 11) is 1.33. The molecule has 2 fully saturated rings. The summed E-state index contributed by atoms with van der Waals surface area (Å²) in [4.78, 5) is 25.6. The van der Waals surface area contributed by atoms with Gasteiger partial charge >= 0.3 is 5.97 Å². The van der Waals surface area contributed by atoms with Gasteiger partial charge in [0, 0.05) is 6.54 Å². The van der Waals surface area contributed by atoms with Crippen LogP contribution in [0, 0.1) is 22.7 Å². The molecular weight excluding hydrogens is 232 g/mol. The summed E-state index contributed by atoms with van der Waals surface area (Å²) >= 11 is 0. The average molecular weight is 250 g/mol. The minimum atomic E-state index is -0.893. The van der Waals surface area contributed by atoms with E-state index in [1.807, 2.05) is 6.92 Å². The molecule has 18 heavy (non-hydrogen) atoms. The van der Waals surface area contributed by atoms with Crippen molar-refractivity contribution in [3.63, 3.8) is 0 Å². The quantitative estimate of drug-likeness (QED) is 0.688. The van der Waals surface area contributed by atoms with E-state index in [0.29, 0.717) is 31.7 Å². The van der Waals surface area contributed by atoms with E-state index in [1.54, 1.807) is 4.90 Å². The highest BCUT2D eigenvalue weighted by Crippen LogP contribution is 2.47. The normalized spacial score (nSPS) is 34.6. The first-order valence-corrected chi connectivity index (χ1v) is 6.34. The van der Waals surface area contributed by atoms with Crippen LogP contribution in [0.25, 0.3) is 0 Å². The zero-order valence-electron chi connectivity index (χ0n) is 10.8. The third-order valence-corrected chi connectivity index (χ3v) is 4.00. The van der Waals surface area contributed by atoms with Crippen molar-refractivity contribution in [3.05, 3.63) is 0 Å². The molecule has 0 aromatic rings. The van der Waals surface area contributed by atoms with Gasteiger partial charge in [-0.1, -0.05) is 6.92 Å². The molecule has 1 atom stereocenters. The number of ether oxygens (including phenoxy) is 1. The molecular formula is C13H18N2O3. The fraction of sp³-hybridized carbons (Fsp3) is 0.769. The Balaban J connectivity index is 2.14. The zero-order chi connectivity index (χ0) is 13.3. The largest absolute Gasteiger partial charge is 0.467 e. The van der Waals surface area contributed by atoms with Crippen molar-refractivity contribution in [2.75, 3.05) is 13.7 Å². The van der Waals surface area contributed by atoms with Crippen LogP contribution in [0.3, 0.4) is 0 Å². The van der Waals surface area contributed by atoms with Crippen LogP contribution in [0.5, 0.6) is 0 Å². The summed E-state index contributed by atoms with van der Waals surface area (Å²) in [6.45, 7) is 2.58. The first-order valence-electron chi connectivity index (χ1n) is 6.34. The fourth-order valence-electron chi connectivity index (χ4n) is 3.11. The molecule has 0 aromatic carbocycles. The Morgan fingerprint density at radius 2 is 2.11 bits per heavy atom. The van der Waals surface area contributed by atoms with Gasteiger partial charge in [-0.05, 0) is 31.6 Å². The van der Waals surface area contributed by atoms with E-state index >= 15 is 0 Å². The summed E-state index contributed by atoms with van der Waals surface area (Å²) in [5, 5.41) is 9.25. The van der Waals surface area contributed by atoms with E-state index in [4.69, 9.17) is 4.74 Å². The van der Waals surface area contributed by atoms with Crippen molar-refractivity contribution >= 4 is 11.9 Å². The van der Waals surface area contributed by atoms with E-state index in [-0.39, 0.29) is 11.9 Å². The summed E-state index contributed by atoms with van der Waals surface area (Å²) in [5.74, 6) is -0.148. The van der Waals surface area contributed by atoms with Crippen LogP contribution in [0.4, 0.5) is 0 Å². The number of hydrogen-bond acceptors (Lipinski definition) is 4. The molecule has 5 nitrogen and oxygen atoms in total. The first kappa shape index (κ1) is 12.9. The summed E-state index contributed by atoms with van der Waals surface area (Å²) < 4.78 is 4.72. The Kier molecular flexibility index (Phi) is 3.29. The van der Waals surface area contributed by atoms with Crippen molar-refractivity contribution in [2.24, 2.45) is 11.3 Å². The maximum Gasteiger partial charge on any atom is 0.328 e. The molecule has 2 rings (SSSR count). The van der Waals surface area contributed by atoms with Crippen LogP contribution >= 0.6 is 0 Å². The fourth-order valence-corrected chi connectivity index (χ4v) is 3.11. The predicted molar refractivity (Wildman–Crippen MR) is 63.2 cm³/mol. The molecule has 0 N–H and O–H groups in total. The standard InChI is InChI=1S/C13H18N2O3/c1-9-6-13(7-9,8-14)12(17)15-5-3-4-10(15)11(16)18-2/h9-10H,3-7H2,1-2H3. The number of esters is 1. The third-order valence-electron chi connectivity index (χ3n) is 4.00. The molecule has 0 spiro atoms. The van der Waals surface area contributed by atoms with E-state index in [9.17, 15) is 14.9 Å². The monoisotopic (exact) mass is 250 g/mol. The van der Waals surface area contributed by atoms with Crippen molar-refractivity contribution in [3.8, 4) is 6.07 Å². The van der Waals surface area contributed by atoms with Crippen LogP contribution in [0.1, 0.15) is 32.6 Å². The lowest BCUT2D eigenvalue weighted by atomic mass is 9.62. The van der Waals surface area contributed by atoms with E-state index in [0.717, 1.165) is 6.42 Å². The predicted octanol–water partition coefficient (Wildman–Crippen LogP) is 1.09. The molecule has 98 valence electrons. The SMILES string of the molecule is COC(=O)C1CCCN1C(=O)C1(C#N)CC(C)C1. The number of nitrogens with zero attached hydrogens (tertiary/aromatic N) is 2. The number of carbonyl (C=O) groups excluding carboxylic acids is 2. The maximum absolute atomic E-state index is 12.5. The maximum atomic E-state index is 12.5. The summed E-state index contributed by atoms with van der Waals surface area (Å²) in [5.41, 5.74) is -0.893. The van der Waals surface area contributed by atoms with E-state index in [1.165, 1.54) is 7.11 Å². The number of amides is 1. The second-order valence-electron chi connectivity index (χ2n) is 5.39. The van der Waals surface area contributed by atoms with Gasteiger partial charge in [-0.15, -0.1) is 0 Å². The van der Waals surface area contributed by atoms with Gasteiger partial charge in [-0.2, -0.15) is 5.26 Å². The molecule has 1 aliphatic heterocycles. The zero-order valence-corrected chi connectivity index (χ0v) is 10.8. The van der Waals surface area contributed by atoms with Crippen molar-refractivity contribution in [1.29, 1.82) is 5.26 Å². The lowest BCUT2D eigenvalue weighted by Crippen LogP contribution is -2.53. The Hall–Kier alpha value is -1.57. The highest BCUT2D eigenvalue weighted by molar-refractivity contribution is 5.91. The molecule has 0 aromatic heterocycles. The molecule has 1 unspecified atom stereocenters. The number of likely N-dealkylation sites (tertiary alicyclic amines) is 1. The Morgan fingerprint density at radius 1 is 1.44 bits per heavy atom. The van der Waals surface area contributed by atoms with Gasteiger partial charge in [-0.3, -0.25) is 4.79 Å². The molecule has 1 heterocycles. The molecule has 1 saturated heterocycles. The topological polar surface area (TPSA) is 70.4 Å². The third kappa shape index (κ3) is 1.86. The molecule has 0 bridgehead atoms. The Bertz CT molecular complexity index is 407. The number of rotatable bonds is 2. The lowest BCUT2D eigenvalue weighted by Gasteiger charge is -2.42. The van der Waals surface area contributed by atoms with Crippen LogP contribution in [-0.4, -0.2) is 36.5 Å². The first-order chi connectivity index (χ1) is 8.54. The highest BCUT2D eigenvalue weighted by atomic mass is 16.5. The molecule has 2 aliphatic rings. The summed E-state index contributed by atoms with van der Waals surface area (Å²) in [6.07, 6.45) is 2.64. The van der Waals surface area contributed by atoms with E-state index < -0.39 is 11.5 Å².